The first-order valence-corrected chi connectivity index (χ1v) is 10.2. The van der Waals surface area contributed by atoms with E-state index in [0.717, 1.165) is 22.4 Å². The second kappa shape index (κ2) is 8.01. The number of carbonyl (C=O) groups is 1. The summed E-state index contributed by atoms with van der Waals surface area (Å²) in [6.45, 7) is 4.05. The number of benzene rings is 2. The van der Waals surface area contributed by atoms with Crippen molar-refractivity contribution in [3.63, 3.8) is 0 Å². The van der Waals surface area contributed by atoms with Crippen molar-refractivity contribution in [2.24, 2.45) is 0 Å². The first kappa shape index (κ1) is 19.1. The van der Waals surface area contributed by atoms with Crippen LogP contribution in [-0.2, 0) is 0 Å². The third-order valence-electron chi connectivity index (χ3n) is 4.69. The Balaban J connectivity index is 1.51. The number of amides is 1. The monoisotopic (exact) mass is 405 g/mol. The van der Waals surface area contributed by atoms with Gasteiger partial charge in [0.15, 0.2) is 0 Å². The number of hydrogen-bond donors (Lipinski definition) is 2. The minimum absolute atomic E-state index is 0.123. The van der Waals surface area contributed by atoms with Crippen molar-refractivity contribution in [2.45, 2.75) is 20.3 Å². The fourth-order valence-electron chi connectivity index (χ4n) is 3.07. The number of H-pyrrole nitrogens is 1. The van der Waals surface area contributed by atoms with Crippen LogP contribution in [0.25, 0.3) is 28.5 Å². The van der Waals surface area contributed by atoms with Crippen molar-refractivity contribution in [3.8, 4) is 11.4 Å². The molecule has 0 aliphatic heterocycles. The molecule has 2 aromatic heterocycles. The number of rotatable bonds is 5. The number of nitrogens with zero attached hydrogens (tertiary/aromatic N) is 1. The van der Waals surface area contributed by atoms with Crippen molar-refractivity contribution >= 4 is 40.0 Å². The molecule has 0 saturated heterocycles. The Kier molecular flexibility index (Phi) is 5.27. The molecule has 2 aromatic carbocycles. The predicted molar refractivity (Wildman–Crippen MR) is 118 cm³/mol. The lowest BCUT2D eigenvalue weighted by atomic mass is 10.1. The average Bonchev–Trinajstić information content (AvgIpc) is 3.30. The number of imidazole rings is 1. The van der Waals surface area contributed by atoms with Gasteiger partial charge in [-0.2, -0.15) is 0 Å². The quantitative estimate of drug-likeness (QED) is 0.403. The molecule has 0 radical (unpaired) electrons. The summed E-state index contributed by atoms with van der Waals surface area (Å²) in [5.41, 5.74) is 4.60. The molecule has 29 heavy (non-hydrogen) atoms. The zero-order valence-corrected chi connectivity index (χ0v) is 16.9. The van der Waals surface area contributed by atoms with E-state index in [2.05, 4.69) is 34.4 Å². The standard InChI is InChI=1S/C23H20FN3OS/c1-3-4-5-21-14(2)18(13-29-21)23(28)25-17-9-6-15(7-10-17)22-26-19-11-8-16(24)12-20(19)27-22/h4-13H,3H2,1-2H3,(H,25,28)(H,26,27)/b5-4-. The maximum Gasteiger partial charge on any atom is 0.256 e. The second-order valence-electron chi connectivity index (χ2n) is 6.73. The van der Waals surface area contributed by atoms with Crippen LogP contribution in [0.4, 0.5) is 10.1 Å². The van der Waals surface area contributed by atoms with E-state index >= 15 is 0 Å². The van der Waals surface area contributed by atoms with Gasteiger partial charge in [0.1, 0.15) is 11.6 Å². The molecule has 2 N–H and O–H groups in total. The van der Waals surface area contributed by atoms with Crippen molar-refractivity contribution in [3.05, 3.63) is 75.7 Å². The maximum atomic E-state index is 13.4. The van der Waals surface area contributed by atoms with Gasteiger partial charge >= 0.3 is 0 Å². The molecule has 0 unspecified atom stereocenters. The Morgan fingerprint density at radius 1 is 1.24 bits per heavy atom. The van der Waals surface area contributed by atoms with Crippen LogP contribution in [0.5, 0.6) is 0 Å². The topological polar surface area (TPSA) is 57.8 Å². The fraction of sp³-hybridized carbons (Fsp3) is 0.130. The predicted octanol–water partition coefficient (Wildman–Crippen LogP) is 6.41. The van der Waals surface area contributed by atoms with Crippen LogP contribution < -0.4 is 5.32 Å². The molecule has 4 aromatic rings. The van der Waals surface area contributed by atoms with Crippen molar-refractivity contribution in [2.75, 3.05) is 5.32 Å². The number of aromatic amines is 1. The van der Waals surface area contributed by atoms with Gasteiger partial charge in [-0.05, 0) is 67.4 Å². The molecular formula is C23H20FN3OS. The SMILES string of the molecule is CC/C=C\c1scc(C(=O)Nc2ccc(-c3nc4ccc(F)cc4[nH]3)cc2)c1C. The molecule has 0 saturated carbocycles. The number of nitrogens with one attached hydrogen (secondary N) is 2. The molecule has 1 amide bonds. The van der Waals surface area contributed by atoms with Crippen molar-refractivity contribution in [1.29, 1.82) is 0 Å². The molecule has 0 bridgehead atoms. The van der Waals surface area contributed by atoms with Crippen LogP contribution >= 0.6 is 11.3 Å². The smallest absolute Gasteiger partial charge is 0.256 e. The zero-order chi connectivity index (χ0) is 20.4. The molecule has 4 nitrogen and oxygen atoms in total. The van der Waals surface area contributed by atoms with Crippen LogP contribution in [-0.4, -0.2) is 15.9 Å². The molecular weight excluding hydrogens is 385 g/mol. The van der Waals surface area contributed by atoms with Crippen molar-refractivity contribution in [1.82, 2.24) is 9.97 Å². The summed E-state index contributed by atoms with van der Waals surface area (Å²) in [5.74, 6) is 0.231. The summed E-state index contributed by atoms with van der Waals surface area (Å²) < 4.78 is 13.4. The highest BCUT2D eigenvalue weighted by Crippen LogP contribution is 2.26. The van der Waals surface area contributed by atoms with Crippen LogP contribution in [0, 0.1) is 12.7 Å². The number of thiophene rings is 1. The Bertz CT molecular complexity index is 1200. The zero-order valence-electron chi connectivity index (χ0n) is 16.1. The second-order valence-corrected chi connectivity index (χ2v) is 7.64. The summed E-state index contributed by atoms with van der Waals surface area (Å²) in [5, 5.41) is 4.84. The number of fused-ring (bicyclic) bond motifs is 1. The number of anilines is 1. The fourth-order valence-corrected chi connectivity index (χ4v) is 4.06. The van der Waals surface area contributed by atoms with Crippen molar-refractivity contribution < 1.29 is 9.18 Å². The van der Waals surface area contributed by atoms with Gasteiger partial charge in [-0.15, -0.1) is 11.3 Å². The van der Waals surface area contributed by atoms with E-state index in [9.17, 15) is 9.18 Å². The molecule has 4 rings (SSSR count). The van der Waals surface area contributed by atoms with E-state index in [4.69, 9.17) is 0 Å². The number of hydrogen-bond acceptors (Lipinski definition) is 3. The van der Waals surface area contributed by atoms with E-state index in [1.165, 1.54) is 12.1 Å². The Morgan fingerprint density at radius 2 is 2.03 bits per heavy atom. The van der Waals surface area contributed by atoms with Gasteiger partial charge < -0.3 is 10.3 Å². The van der Waals surface area contributed by atoms with Gasteiger partial charge in [0, 0.05) is 21.5 Å². The van der Waals surface area contributed by atoms with Crippen LogP contribution in [0.3, 0.4) is 0 Å². The molecule has 2 heterocycles. The van der Waals surface area contributed by atoms with Gasteiger partial charge in [0.25, 0.3) is 5.91 Å². The first-order chi connectivity index (χ1) is 14.0. The summed E-state index contributed by atoms with van der Waals surface area (Å²) >= 11 is 1.57. The van der Waals surface area contributed by atoms with E-state index in [1.807, 2.05) is 36.6 Å². The number of carbonyl (C=O) groups excluding carboxylic acids is 1. The van der Waals surface area contributed by atoms with E-state index in [0.29, 0.717) is 28.1 Å². The summed E-state index contributed by atoms with van der Waals surface area (Å²) in [6.07, 6.45) is 5.11. The molecule has 0 spiro atoms. The Hall–Kier alpha value is -3.25. The minimum Gasteiger partial charge on any atom is -0.338 e. The molecule has 146 valence electrons. The normalized spacial score (nSPS) is 11.4. The van der Waals surface area contributed by atoms with E-state index in [1.54, 1.807) is 17.4 Å². The third-order valence-corrected chi connectivity index (χ3v) is 5.74. The number of halogens is 1. The average molecular weight is 405 g/mol. The molecule has 0 atom stereocenters. The first-order valence-electron chi connectivity index (χ1n) is 9.37. The maximum absolute atomic E-state index is 13.4. The van der Waals surface area contributed by atoms with Gasteiger partial charge in [-0.25, -0.2) is 9.37 Å². The number of aromatic nitrogens is 2. The van der Waals surface area contributed by atoms with E-state index < -0.39 is 0 Å². The summed E-state index contributed by atoms with van der Waals surface area (Å²) in [6, 6.07) is 11.9. The highest BCUT2D eigenvalue weighted by atomic mass is 32.1. The largest absolute Gasteiger partial charge is 0.338 e. The lowest BCUT2D eigenvalue weighted by Gasteiger charge is -2.06. The molecule has 0 aliphatic rings. The Labute approximate surface area is 172 Å². The van der Waals surface area contributed by atoms with E-state index in [-0.39, 0.29) is 11.7 Å². The lowest BCUT2D eigenvalue weighted by Crippen LogP contribution is -2.12. The van der Waals surface area contributed by atoms with Gasteiger partial charge in [0.05, 0.1) is 16.6 Å². The van der Waals surface area contributed by atoms with Gasteiger partial charge in [0.2, 0.25) is 0 Å². The van der Waals surface area contributed by atoms with Gasteiger partial charge in [-0.3, -0.25) is 4.79 Å². The van der Waals surface area contributed by atoms with Crippen LogP contribution in [0.1, 0.15) is 34.1 Å². The third kappa shape index (κ3) is 3.98. The molecule has 0 fully saturated rings. The summed E-state index contributed by atoms with van der Waals surface area (Å²) in [7, 11) is 0. The van der Waals surface area contributed by atoms with Gasteiger partial charge in [-0.1, -0.05) is 13.0 Å². The van der Waals surface area contributed by atoms with Crippen LogP contribution in [0.2, 0.25) is 0 Å². The molecule has 6 heteroatoms. The number of allylic oxidation sites excluding steroid dienone is 1. The summed E-state index contributed by atoms with van der Waals surface area (Å²) in [4.78, 5) is 21.4. The Morgan fingerprint density at radius 3 is 2.79 bits per heavy atom. The van der Waals surface area contributed by atoms with Crippen LogP contribution in [0.15, 0.2) is 53.9 Å². The highest BCUT2D eigenvalue weighted by Gasteiger charge is 2.14. The highest BCUT2D eigenvalue weighted by molar-refractivity contribution is 7.11. The lowest BCUT2D eigenvalue weighted by molar-refractivity contribution is 0.102. The molecule has 0 aliphatic carbocycles. The minimum atomic E-state index is -0.303.